The lowest BCUT2D eigenvalue weighted by Crippen LogP contribution is -2.25. The third-order valence-corrected chi connectivity index (χ3v) is 3.06. The van der Waals surface area contributed by atoms with Gasteiger partial charge in [-0.05, 0) is 11.6 Å². The Hall–Kier alpha value is -1.56. The number of aromatic nitrogens is 2. The predicted molar refractivity (Wildman–Crippen MR) is 62.5 cm³/mol. The van der Waals surface area contributed by atoms with E-state index < -0.39 is 0 Å². The molecule has 0 radical (unpaired) electrons. The van der Waals surface area contributed by atoms with Gasteiger partial charge in [0.05, 0.1) is 12.1 Å². The fourth-order valence-corrected chi connectivity index (χ4v) is 2.21. The van der Waals surface area contributed by atoms with Gasteiger partial charge in [-0.2, -0.15) is 5.10 Å². The molecule has 2 heterocycles. The molecule has 1 aliphatic rings. The van der Waals surface area contributed by atoms with Crippen molar-refractivity contribution in [1.29, 1.82) is 0 Å². The molecule has 1 saturated heterocycles. The van der Waals surface area contributed by atoms with E-state index in [2.05, 4.69) is 20.0 Å². The number of likely N-dealkylation sites (tertiary alicyclic amines) is 1. The zero-order chi connectivity index (χ0) is 12.1. The Labute approximate surface area is 99.6 Å². The van der Waals surface area contributed by atoms with Crippen LogP contribution in [0.15, 0.2) is 23.6 Å². The summed E-state index contributed by atoms with van der Waals surface area (Å²) in [5.74, 6) is 0. The standard InChI is InChI=1S/C10H16N6O/c1-17-10-8-15(6-4-12-14-11)7-9(10)16-5-2-3-13-16/h2-3,5,9-10H,4,6-8H2,1H3/t9-,10-/m1/s1. The van der Waals surface area contributed by atoms with Crippen molar-refractivity contribution in [3.63, 3.8) is 0 Å². The van der Waals surface area contributed by atoms with E-state index in [1.54, 1.807) is 13.3 Å². The molecule has 0 amide bonds. The molecule has 1 aromatic rings. The Kier molecular flexibility index (Phi) is 3.98. The summed E-state index contributed by atoms with van der Waals surface area (Å²) in [6.07, 6.45) is 3.86. The SMILES string of the molecule is CO[C@@H]1CN(CCN=[N+]=[N-])C[C@H]1n1cccn1. The van der Waals surface area contributed by atoms with Gasteiger partial charge in [0.15, 0.2) is 0 Å². The van der Waals surface area contributed by atoms with Crippen LogP contribution in [0.2, 0.25) is 0 Å². The minimum atomic E-state index is 0.140. The third-order valence-electron chi connectivity index (χ3n) is 3.06. The van der Waals surface area contributed by atoms with Crippen molar-refractivity contribution in [3.8, 4) is 0 Å². The minimum absolute atomic E-state index is 0.140. The Morgan fingerprint density at radius 1 is 1.59 bits per heavy atom. The van der Waals surface area contributed by atoms with Crippen LogP contribution in [0.3, 0.4) is 0 Å². The highest BCUT2D eigenvalue weighted by Gasteiger charge is 2.33. The van der Waals surface area contributed by atoms with E-state index in [9.17, 15) is 0 Å². The van der Waals surface area contributed by atoms with Gasteiger partial charge < -0.3 is 4.74 Å². The first kappa shape index (κ1) is 11.9. The summed E-state index contributed by atoms with van der Waals surface area (Å²) in [5.41, 5.74) is 8.24. The van der Waals surface area contributed by atoms with Crippen LogP contribution in [-0.4, -0.2) is 54.1 Å². The van der Waals surface area contributed by atoms with Crippen LogP contribution in [0.1, 0.15) is 6.04 Å². The molecular weight excluding hydrogens is 220 g/mol. The molecule has 0 aliphatic carbocycles. The lowest BCUT2D eigenvalue weighted by Gasteiger charge is -2.16. The first-order valence-electron chi connectivity index (χ1n) is 5.60. The smallest absolute Gasteiger partial charge is 0.0934 e. The van der Waals surface area contributed by atoms with Gasteiger partial charge in [0.2, 0.25) is 0 Å². The highest BCUT2D eigenvalue weighted by atomic mass is 16.5. The Bertz CT molecular complexity index is 386. The summed E-state index contributed by atoms with van der Waals surface area (Å²) in [4.78, 5) is 4.99. The van der Waals surface area contributed by atoms with Crippen LogP contribution >= 0.6 is 0 Å². The van der Waals surface area contributed by atoms with Gasteiger partial charge in [-0.1, -0.05) is 5.11 Å². The van der Waals surface area contributed by atoms with Crippen molar-refractivity contribution < 1.29 is 4.74 Å². The van der Waals surface area contributed by atoms with Gasteiger partial charge >= 0.3 is 0 Å². The summed E-state index contributed by atoms with van der Waals surface area (Å²) in [6.45, 7) is 2.99. The molecule has 92 valence electrons. The molecule has 1 fully saturated rings. The highest BCUT2D eigenvalue weighted by molar-refractivity contribution is 4.92. The van der Waals surface area contributed by atoms with Gasteiger partial charge in [0.25, 0.3) is 0 Å². The van der Waals surface area contributed by atoms with Gasteiger partial charge in [0, 0.05) is 50.6 Å². The van der Waals surface area contributed by atoms with Crippen LogP contribution < -0.4 is 0 Å². The Balaban J connectivity index is 1.96. The number of ether oxygens (including phenoxy) is 1. The molecule has 0 saturated carbocycles. The maximum atomic E-state index is 8.24. The number of azide groups is 1. The summed E-state index contributed by atoms with van der Waals surface area (Å²) >= 11 is 0. The summed E-state index contributed by atoms with van der Waals surface area (Å²) in [7, 11) is 1.72. The number of hydrogen-bond donors (Lipinski definition) is 0. The second-order valence-corrected chi connectivity index (χ2v) is 4.04. The molecule has 0 aromatic carbocycles. The van der Waals surface area contributed by atoms with Crippen molar-refractivity contribution in [1.82, 2.24) is 14.7 Å². The molecule has 7 nitrogen and oxygen atoms in total. The lowest BCUT2D eigenvalue weighted by molar-refractivity contribution is 0.0783. The van der Waals surface area contributed by atoms with Gasteiger partial charge in [0.1, 0.15) is 0 Å². The molecule has 0 N–H and O–H groups in total. The first-order valence-corrected chi connectivity index (χ1v) is 5.60. The zero-order valence-corrected chi connectivity index (χ0v) is 9.81. The van der Waals surface area contributed by atoms with E-state index in [1.807, 2.05) is 16.9 Å². The van der Waals surface area contributed by atoms with E-state index in [0.29, 0.717) is 6.54 Å². The number of nitrogens with zero attached hydrogens (tertiary/aromatic N) is 6. The molecule has 2 atom stereocenters. The maximum Gasteiger partial charge on any atom is 0.0934 e. The normalized spacial score (nSPS) is 24.8. The van der Waals surface area contributed by atoms with Crippen LogP contribution in [0, 0.1) is 0 Å². The first-order chi connectivity index (χ1) is 8.35. The molecule has 17 heavy (non-hydrogen) atoms. The number of methoxy groups -OCH3 is 1. The number of rotatable bonds is 5. The number of hydrogen-bond acceptors (Lipinski definition) is 4. The molecule has 7 heteroatoms. The summed E-state index contributed by atoms with van der Waals surface area (Å²) in [6, 6.07) is 2.15. The van der Waals surface area contributed by atoms with E-state index in [4.69, 9.17) is 10.3 Å². The van der Waals surface area contributed by atoms with Crippen LogP contribution in [0.5, 0.6) is 0 Å². The lowest BCUT2D eigenvalue weighted by atomic mass is 10.2. The quantitative estimate of drug-likeness (QED) is 0.435. The molecule has 1 aliphatic heterocycles. The topological polar surface area (TPSA) is 79.0 Å². The molecular formula is C10H16N6O. The maximum absolute atomic E-state index is 8.24. The van der Waals surface area contributed by atoms with Crippen molar-refractivity contribution in [2.24, 2.45) is 5.11 Å². The summed E-state index contributed by atoms with van der Waals surface area (Å²) in [5, 5.41) is 7.80. The van der Waals surface area contributed by atoms with Crippen LogP contribution in [-0.2, 0) is 4.74 Å². The van der Waals surface area contributed by atoms with Crippen LogP contribution in [0.25, 0.3) is 10.4 Å². The zero-order valence-electron chi connectivity index (χ0n) is 9.81. The molecule has 0 spiro atoms. The monoisotopic (exact) mass is 236 g/mol. The van der Waals surface area contributed by atoms with Crippen LogP contribution in [0.4, 0.5) is 0 Å². The van der Waals surface area contributed by atoms with Crippen molar-refractivity contribution in [2.45, 2.75) is 12.1 Å². The average molecular weight is 236 g/mol. The van der Waals surface area contributed by atoms with Gasteiger partial charge in [-0.15, -0.1) is 0 Å². The summed E-state index contributed by atoms with van der Waals surface area (Å²) < 4.78 is 7.41. The van der Waals surface area contributed by atoms with E-state index in [-0.39, 0.29) is 12.1 Å². The second kappa shape index (κ2) is 5.67. The molecule has 0 unspecified atom stereocenters. The van der Waals surface area contributed by atoms with Crippen molar-refractivity contribution in [2.75, 3.05) is 33.3 Å². The van der Waals surface area contributed by atoms with E-state index >= 15 is 0 Å². The predicted octanol–water partition coefficient (Wildman–Crippen LogP) is 1.07. The molecule has 2 rings (SSSR count). The van der Waals surface area contributed by atoms with Crippen molar-refractivity contribution in [3.05, 3.63) is 28.9 Å². The fraction of sp³-hybridized carbons (Fsp3) is 0.700. The Morgan fingerprint density at radius 2 is 2.47 bits per heavy atom. The molecule has 1 aromatic heterocycles. The average Bonchev–Trinajstić information content (AvgIpc) is 2.97. The van der Waals surface area contributed by atoms with E-state index in [0.717, 1.165) is 19.6 Å². The Morgan fingerprint density at radius 3 is 3.12 bits per heavy atom. The highest BCUT2D eigenvalue weighted by Crippen LogP contribution is 2.23. The van der Waals surface area contributed by atoms with E-state index in [1.165, 1.54) is 0 Å². The molecule has 0 bridgehead atoms. The largest absolute Gasteiger partial charge is 0.378 e. The fourth-order valence-electron chi connectivity index (χ4n) is 2.21. The third kappa shape index (κ3) is 2.76. The van der Waals surface area contributed by atoms with Gasteiger partial charge in [-0.25, -0.2) is 0 Å². The van der Waals surface area contributed by atoms with Crippen molar-refractivity contribution >= 4 is 0 Å². The van der Waals surface area contributed by atoms with Gasteiger partial charge in [-0.3, -0.25) is 9.58 Å². The minimum Gasteiger partial charge on any atom is -0.378 e. The second-order valence-electron chi connectivity index (χ2n) is 4.04.